The summed E-state index contributed by atoms with van der Waals surface area (Å²) in [5.41, 5.74) is 3.62. The molecular weight excluding hydrogens is 246 g/mol. The third kappa shape index (κ3) is 4.45. The number of fused-ring (bicyclic) bond motifs is 1. The lowest BCUT2D eigenvalue weighted by atomic mass is 9.95. The van der Waals surface area contributed by atoms with Gasteiger partial charge in [-0.1, -0.05) is 51.2 Å². The van der Waals surface area contributed by atoms with Crippen LogP contribution in [0.3, 0.4) is 0 Å². The lowest BCUT2D eigenvalue weighted by Gasteiger charge is -2.17. The number of unbranched alkanes of at least 4 members (excludes halogenated alkanes) is 5. The molecule has 2 rings (SSSR count). The van der Waals surface area contributed by atoms with Crippen molar-refractivity contribution in [1.29, 1.82) is 0 Å². The van der Waals surface area contributed by atoms with E-state index in [0.717, 1.165) is 31.5 Å². The molecule has 0 saturated heterocycles. The molecular formula is C18H27NO. The van der Waals surface area contributed by atoms with E-state index in [0.29, 0.717) is 12.2 Å². The van der Waals surface area contributed by atoms with Gasteiger partial charge in [0.15, 0.2) is 5.78 Å². The van der Waals surface area contributed by atoms with Gasteiger partial charge in [0.25, 0.3) is 0 Å². The zero-order chi connectivity index (χ0) is 14.2. The van der Waals surface area contributed by atoms with Crippen molar-refractivity contribution in [2.45, 2.75) is 64.8 Å². The highest BCUT2D eigenvalue weighted by Crippen LogP contribution is 2.18. The summed E-state index contributed by atoms with van der Waals surface area (Å²) in [6, 6.07) is 6.26. The molecule has 1 N–H and O–H groups in total. The van der Waals surface area contributed by atoms with Gasteiger partial charge in [-0.2, -0.15) is 0 Å². The molecule has 20 heavy (non-hydrogen) atoms. The maximum atomic E-state index is 12.2. The van der Waals surface area contributed by atoms with Gasteiger partial charge in [-0.05, 0) is 36.6 Å². The fraction of sp³-hybridized carbons (Fsp3) is 0.611. The quantitative estimate of drug-likeness (QED) is 0.566. The number of nitrogens with one attached hydrogen (secondary N) is 1. The van der Waals surface area contributed by atoms with Crippen LogP contribution in [0.25, 0.3) is 0 Å². The molecule has 1 aliphatic rings. The Labute approximate surface area is 123 Å². The molecule has 0 atom stereocenters. The number of benzene rings is 1. The topological polar surface area (TPSA) is 29.1 Å². The van der Waals surface area contributed by atoms with Gasteiger partial charge in [-0.25, -0.2) is 0 Å². The Morgan fingerprint density at radius 3 is 2.75 bits per heavy atom. The molecule has 0 spiro atoms. The second kappa shape index (κ2) is 8.21. The summed E-state index contributed by atoms with van der Waals surface area (Å²) in [7, 11) is 0. The molecule has 1 aromatic rings. The molecule has 1 aromatic carbocycles. The van der Waals surface area contributed by atoms with Crippen LogP contribution in [0.1, 0.15) is 73.4 Å². The first-order chi connectivity index (χ1) is 9.81. The summed E-state index contributed by atoms with van der Waals surface area (Å²) < 4.78 is 0. The first-order valence-corrected chi connectivity index (χ1v) is 8.17. The van der Waals surface area contributed by atoms with Crippen LogP contribution in [0.5, 0.6) is 0 Å². The van der Waals surface area contributed by atoms with E-state index in [4.69, 9.17) is 0 Å². The van der Waals surface area contributed by atoms with Crippen LogP contribution >= 0.6 is 0 Å². The maximum absolute atomic E-state index is 12.2. The van der Waals surface area contributed by atoms with E-state index in [-0.39, 0.29) is 0 Å². The standard InChI is InChI=1S/C18H27NO/c1-2-3-4-5-6-7-8-18(20)16-10-9-15-11-12-19-14-17(15)13-16/h9-10,13,19H,2-8,11-12,14H2,1H3. The zero-order valence-corrected chi connectivity index (χ0v) is 12.7. The highest BCUT2D eigenvalue weighted by atomic mass is 16.1. The average Bonchev–Trinajstić information content (AvgIpc) is 2.50. The van der Waals surface area contributed by atoms with Crippen LogP contribution in [-0.4, -0.2) is 12.3 Å². The third-order valence-corrected chi connectivity index (χ3v) is 4.17. The molecule has 1 aliphatic heterocycles. The molecule has 0 amide bonds. The van der Waals surface area contributed by atoms with Gasteiger partial charge in [0, 0.05) is 18.5 Å². The highest BCUT2D eigenvalue weighted by Gasteiger charge is 2.12. The molecule has 2 heteroatoms. The Bertz CT molecular complexity index is 439. The SMILES string of the molecule is CCCCCCCCC(=O)c1ccc2c(c1)CNCC2. The summed E-state index contributed by atoms with van der Waals surface area (Å²) in [4.78, 5) is 12.2. The zero-order valence-electron chi connectivity index (χ0n) is 12.7. The van der Waals surface area contributed by atoms with Crippen LogP contribution < -0.4 is 5.32 Å². The predicted molar refractivity (Wildman–Crippen MR) is 84.2 cm³/mol. The monoisotopic (exact) mass is 273 g/mol. The van der Waals surface area contributed by atoms with Gasteiger partial charge in [-0.15, -0.1) is 0 Å². The normalized spacial score (nSPS) is 14.1. The lowest BCUT2D eigenvalue weighted by Crippen LogP contribution is -2.23. The molecule has 1 heterocycles. The van der Waals surface area contributed by atoms with E-state index in [1.165, 1.54) is 43.2 Å². The summed E-state index contributed by atoms with van der Waals surface area (Å²) in [6.45, 7) is 4.19. The molecule has 0 aromatic heterocycles. The molecule has 0 bridgehead atoms. The van der Waals surface area contributed by atoms with Crippen LogP contribution in [0.15, 0.2) is 18.2 Å². The van der Waals surface area contributed by atoms with Crippen molar-refractivity contribution in [3.63, 3.8) is 0 Å². The van der Waals surface area contributed by atoms with Crippen molar-refractivity contribution in [2.75, 3.05) is 6.54 Å². The van der Waals surface area contributed by atoms with Crippen molar-refractivity contribution in [3.05, 3.63) is 34.9 Å². The minimum Gasteiger partial charge on any atom is -0.312 e. The van der Waals surface area contributed by atoms with Gasteiger partial charge in [0.1, 0.15) is 0 Å². The van der Waals surface area contributed by atoms with Crippen molar-refractivity contribution in [1.82, 2.24) is 5.32 Å². The summed E-state index contributed by atoms with van der Waals surface area (Å²) in [6.07, 6.45) is 9.22. The van der Waals surface area contributed by atoms with Gasteiger partial charge < -0.3 is 5.32 Å². The van der Waals surface area contributed by atoms with Gasteiger partial charge in [0.2, 0.25) is 0 Å². The van der Waals surface area contributed by atoms with Gasteiger partial charge in [-0.3, -0.25) is 4.79 Å². The van der Waals surface area contributed by atoms with E-state index >= 15 is 0 Å². The Hall–Kier alpha value is -1.15. The Morgan fingerprint density at radius 1 is 1.10 bits per heavy atom. The highest BCUT2D eigenvalue weighted by molar-refractivity contribution is 5.96. The second-order valence-corrected chi connectivity index (χ2v) is 5.85. The number of ketones is 1. The number of Topliss-reactive ketones (excluding diaryl/α,β-unsaturated/α-hetero) is 1. The van der Waals surface area contributed by atoms with Crippen molar-refractivity contribution in [2.24, 2.45) is 0 Å². The molecule has 0 aliphatic carbocycles. The van der Waals surface area contributed by atoms with E-state index in [1.807, 2.05) is 6.07 Å². The van der Waals surface area contributed by atoms with Crippen LogP contribution in [0, 0.1) is 0 Å². The number of hydrogen-bond acceptors (Lipinski definition) is 2. The number of carbonyl (C=O) groups excluding carboxylic acids is 1. The fourth-order valence-electron chi connectivity index (χ4n) is 2.86. The molecule has 0 unspecified atom stereocenters. The van der Waals surface area contributed by atoms with E-state index < -0.39 is 0 Å². The predicted octanol–water partition coefficient (Wildman–Crippen LogP) is 4.27. The largest absolute Gasteiger partial charge is 0.312 e. The second-order valence-electron chi connectivity index (χ2n) is 5.85. The molecule has 0 radical (unpaired) electrons. The Kier molecular flexibility index (Phi) is 6.25. The summed E-state index contributed by atoms with van der Waals surface area (Å²) in [5, 5.41) is 3.37. The van der Waals surface area contributed by atoms with E-state index in [2.05, 4.69) is 24.4 Å². The summed E-state index contributed by atoms with van der Waals surface area (Å²) in [5.74, 6) is 0.314. The minimum absolute atomic E-state index is 0.314. The first kappa shape index (κ1) is 15.2. The maximum Gasteiger partial charge on any atom is 0.162 e. The minimum atomic E-state index is 0.314. The van der Waals surface area contributed by atoms with Gasteiger partial charge >= 0.3 is 0 Å². The van der Waals surface area contributed by atoms with Crippen LogP contribution in [-0.2, 0) is 13.0 Å². The van der Waals surface area contributed by atoms with Crippen molar-refractivity contribution >= 4 is 5.78 Å². The fourth-order valence-corrected chi connectivity index (χ4v) is 2.86. The molecule has 0 saturated carbocycles. The third-order valence-electron chi connectivity index (χ3n) is 4.17. The van der Waals surface area contributed by atoms with Crippen molar-refractivity contribution < 1.29 is 4.79 Å². The molecule has 110 valence electrons. The lowest BCUT2D eigenvalue weighted by molar-refractivity contribution is 0.0979. The Balaban J connectivity index is 1.77. The number of carbonyl (C=O) groups is 1. The smallest absolute Gasteiger partial charge is 0.162 e. The van der Waals surface area contributed by atoms with E-state index in [9.17, 15) is 4.79 Å². The molecule has 0 fully saturated rings. The van der Waals surface area contributed by atoms with E-state index in [1.54, 1.807) is 0 Å². The van der Waals surface area contributed by atoms with Gasteiger partial charge in [0.05, 0.1) is 0 Å². The number of rotatable bonds is 8. The molecule has 2 nitrogen and oxygen atoms in total. The van der Waals surface area contributed by atoms with Crippen LogP contribution in [0.2, 0.25) is 0 Å². The van der Waals surface area contributed by atoms with Crippen LogP contribution in [0.4, 0.5) is 0 Å². The Morgan fingerprint density at radius 2 is 1.90 bits per heavy atom. The average molecular weight is 273 g/mol. The number of hydrogen-bond donors (Lipinski definition) is 1. The first-order valence-electron chi connectivity index (χ1n) is 8.17. The van der Waals surface area contributed by atoms with Crippen molar-refractivity contribution in [3.8, 4) is 0 Å². The summed E-state index contributed by atoms with van der Waals surface area (Å²) >= 11 is 0.